The van der Waals surface area contributed by atoms with Crippen molar-refractivity contribution in [3.8, 4) is 0 Å². The summed E-state index contributed by atoms with van der Waals surface area (Å²) in [5.74, 6) is 0. The van der Waals surface area contributed by atoms with Crippen LogP contribution in [0, 0.1) is 0 Å². The van der Waals surface area contributed by atoms with Gasteiger partial charge in [-0.15, -0.1) is 0 Å². The molecule has 0 fully saturated rings. The van der Waals surface area contributed by atoms with E-state index in [1.807, 2.05) is 13.8 Å². The predicted molar refractivity (Wildman–Crippen MR) is 115 cm³/mol. The van der Waals surface area contributed by atoms with Gasteiger partial charge in [0, 0.05) is 17.6 Å². The molecule has 0 spiro atoms. The number of sulfonamides is 1. The maximum absolute atomic E-state index is 13.1. The van der Waals surface area contributed by atoms with E-state index in [1.54, 1.807) is 12.1 Å². The Bertz CT molecular complexity index is 979. The Morgan fingerprint density at radius 1 is 0.786 bits per heavy atom. The van der Waals surface area contributed by atoms with Gasteiger partial charge < -0.3 is 0 Å². The topological polar surface area (TPSA) is 71.5 Å². The summed E-state index contributed by atoms with van der Waals surface area (Å²) < 4.78 is 54.3. The van der Waals surface area contributed by atoms with Crippen LogP contribution in [0.4, 0.5) is 0 Å². The van der Waals surface area contributed by atoms with Crippen LogP contribution < -0.4 is 0 Å². The third kappa shape index (κ3) is 5.43. The first kappa shape index (κ1) is 23.1. The highest BCUT2D eigenvalue weighted by atomic mass is 79.9. The van der Waals surface area contributed by atoms with Crippen LogP contribution in [0.3, 0.4) is 0 Å². The Morgan fingerprint density at radius 2 is 1.32 bits per heavy atom. The highest BCUT2D eigenvalue weighted by molar-refractivity contribution is 9.10. The second kappa shape index (κ2) is 10.0. The van der Waals surface area contributed by atoms with Gasteiger partial charge >= 0.3 is 0 Å². The number of rotatable bonds is 10. The molecule has 0 aliphatic rings. The largest absolute Gasteiger partial charge is 0.243 e. The second-order valence-electron chi connectivity index (χ2n) is 6.54. The van der Waals surface area contributed by atoms with Crippen molar-refractivity contribution in [3.63, 3.8) is 0 Å². The number of benzene rings is 2. The molecule has 0 radical (unpaired) electrons. The standard InChI is InChI=1S/C20H26BrNO4S2/c1-3-5-14-22(15-6-4-2)28(25,26)20-9-7-8-19(16-20)27(23,24)18-12-10-17(21)11-13-18/h7-13,16H,3-6,14-15H2,1-2H3. The zero-order valence-corrected chi connectivity index (χ0v) is 19.4. The van der Waals surface area contributed by atoms with Gasteiger partial charge in [0.05, 0.1) is 14.7 Å². The van der Waals surface area contributed by atoms with E-state index in [-0.39, 0.29) is 14.7 Å². The van der Waals surface area contributed by atoms with Crippen LogP contribution in [0.1, 0.15) is 39.5 Å². The quantitative estimate of drug-likeness (QED) is 0.478. The van der Waals surface area contributed by atoms with Gasteiger partial charge in [0.2, 0.25) is 19.9 Å². The number of hydrogen-bond acceptors (Lipinski definition) is 4. The zero-order chi connectivity index (χ0) is 20.8. The first-order chi connectivity index (χ1) is 13.2. The molecule has 2 rings (SSSR count). The molecule has 0 amide bonds. The summed E-state index contributed by atoms with van der Waals surface area (Å²) >= 11 is 3.28. The third-order valence-electron chi connectivity index (χ3n) is 4.40. The van der Waals surface area contributed by atoms with E-state index in [0.29, 0.717) is 13.1 Å². The maximum Gasteiger partial charge on any atom is 0.243 e. The maximum atomic E-state index is 13.1. The Balaban J connectivity index is 2.43. The predicted octanol–water partition coefficient (Wildman–Crippen LogP) is 4.87. The number of hydrogen-bond donors (Lipinski definition) is 0. The Kier molecular flexibility index (Phi) is 8.24. The van der Waals surface area contributed by atoms with E-state index in [9.17, 15) is 16.8 Å². The smallest absolute Gasteiger partial charge is 0.219 e. The number of sulfone groups is 1. The SMILES string of the molecule is CCCCN(CCCC)S(=O)(=O)c1cccc(S(=O)(=O)c2ccc(Br)cc2)c1. The van der Waals surface area contributed by atoms with Gasteiger partial charge in [-0.2, -0.15) is 4.31 Å². The molecule has 0 heterocycles. The summed E-state index contributed by atoms with van der Waals surface area (Å²) in [5.41, 5.74) is 0. The Hall–Kier alpha value is -1.22. The van der Waals surface area contributed by atoms with Gasteiger partial charge in [-0.25, -0.2) is 16.8 Å². The molecule has 5 nitrogen and oxygen atoms in total. The first-order valence-electron chi connectivity index (χ1n) is 9.34. The minimum Gasteiger partial charge on any atom is -0.219 e. The molecular weight excluding hydrogens is 462 g/mol. The van der Waals surface area contributed by atoms with Crippen LogP contribution in [0.15, 0.2) is 67.7 Å². The second-order valence-corrected chi connectivity index (χ2v) is 11.3. The summed E-state index contributed by atoms with van der Waals surface area (Å²) in [6.07, 6.45) is 3.30. The molecular formula is C20H26BrNO4S2. The van der Waals surface area contributed by atoms with Gasteiger partial charge in [0.25, 0.3) is 0 Å². The lowest BCUT2D eigenvalue weighted by molar-refractivity contribution is 0.395. The molecule has 0 bridgehead atoms. The molecule has 0 saturated carbocycles. The van der Waals surface area contributed by atoms with E-state index >= 15 is 0 Å². The minimum atomic E-state index is -3.80. The van der Waals surface area contributed by atoms with Gasteiger partial charge in [0.1, 0.15) is 0 Å². The lowest BCUT2D eigenvalue weighted by atomic mass is 10.3. The molecule has 2 aromatic rings. The average Bonchev–Trinajstić information content (AvgIpc) is 2.68. The van der Waals surface area contributed by atoms with E-state index in [1.165, 1.54) is 40.7 Å². The van der Waals surface area contributed by atoms with Crippen LogP contribution in [0.5, 0.6) is 0 Å². The van der Waals surface area contributed by atoms with Crippen molar-refractivity contribution in [1.29, 1.82) is 0 Å². The minimum absolute atomic E-state index is 0.0119. The van der Waals surface area contributed by atoms with Crippen molar-refractivity contribution >= 4 is 35.8 Å². The zero-order valence-electron chi connectivity index (χ0n) is 16.1. The number of unbranched alkanes of at least 4 members (excludes halogenated alkanes) is 2. The summed E-state index contributed by atoms with van der Waals surface area (Å²) in [4.78, 5) is 0.110. The molecule has 28 heavy (non-hydrogen) atoms. The fraction of sp³-hybridized carbons (Fsp3) is 0.400. The van der Waals surface area contributed by atoms with Crippen molar-refractivity contribution in [3.05, 3.63) is 53.0 Å². The average molecular weight is 488 g/mol. The molecule has 0 N–H and O–H groups in total. The molecule has 154 valence electrons. The Labute approximate surface area is 176 Å². The molecule has 0 unspecified atom stereocenters. The van der Waals surface area contributed by atoms with Crippen LogP contribution in [0.25, 0.3) is 0 Å². The van der Waals surface area contributed by atoms with E-state index in [0.717, 1.165) is 30.2 Å². The highest BCUT2D eigenvalue weighted by Crippen LogP contribution is 2.26. The first-order valence-corrected chi connectivity index (χ1v) is 13.1. The van der Waals surface area contributed by atoms with Crippen molar-refractivity contribution in [1.82, 2.24) is 4.31 Å². The van der Waals surface area contributed by atoms with Crippen molar-refractivity contribution in [2.24, 2.45) is 0 Å². The summed E-state index contributed by atoms with van der Waals surface area (Å²) in [7, 11) is -7.56. The van der Waals surface area contributed by atoms with E-state index in [2.05, 4.69) is 15.9 Å². The lowest BCUT2D eigenvalue weighted by Crippen LogP contribution is -2.33. The normalized spacial score (nSPS) is 12.4. The summed E-state index contributed by atoms with van der Waals surface area (Å²) in [6, 6.07) is 11.9. The van der Waals surface area contributed by atoms with Crippen LogP contribution in [-0.4, -0.2) is 34.2 Å². The molecule has 0 saturated heterocycles. The van der Waals surface area contributed by atoms with Crippen molar-refractivity contribution in [2.45, 2.75) is 54.2 Å². The lowest BCUT2D eigenvalue weighted by Gasteiger charge is -2.22. The van der Waals surface area contributed by atoms with Gasteiger partial charge in [0.15, 0.2) is 0 Å². The van der Waals surface area contributed by atoms with Crippen molar-refractivity contribution in [2.75, 3.05) is 13.1 Å². The van der Waals surface area contributed by atoms with E-state index in [4.69, 9.17) is 0 Å². The van der Waals surface area contributed by atoms with Gasteiger partial charge in [-0.1, -0.05) is 48.7 Å². The van der Waals surface area contributed by atoms with Crippen LogP contribution >= 0.6 is 15.9 Å². The number of halogens is 1. The molecule has 0 aliphatic carbocycles. The summed E-state index contributed by atoms with van der Waals surface area (Å²) in [5, 5.41) is 0. The van der Waals surface area contributed by atoms with Crippen LogP contribution in [-0.2, 0) is 19.9 Å². The van der Waals surface area contributed by atoms with E-state index < -0.39 is 19.9 Å². The fourth-order valence-corrected chi connectivity index (χ4v) is 5.93. The van der Waals surface area contributed by atoms with Crippen LogP contribution in [0.2, 0.25) is 0 Å². The molecule has 2 aromatic carbocycles. The number of nitrogens with zero attached hydrogens (tertiary/aromatic N) is 1. The molecule has 0 atom stereocenters. The molecule has 0 aliphatic heterocycles. The van der Waals surface area contributed by atoms with Gasteiger partial charge in [-0.3, -0.25) is 0 Å². The van der Waals surface area contributed by atoms with Gasteiger partial charge in [-0.05, 0) is 55.3 Å². The molecule has 0 aromatic heterocycles. The third-order valence-corrected chi connectivity index (χ3v) is 8.59. The monoisotopic (exact) mass is 487 g/mol. The fourth-order valence-electron chi connectivity index (χ4n) is 2.72. The van der Waals surface area contributed by atoms with Crippen molar-refractivity contribution < 1.29 is 16.8 Å². The highest BCUT2D eigenvalue weighted by Gasteiger charge is 2.26. The summed E-state index contributed by atoms with van der Waals surface area (Å²) in [6.45, 7) is 4.89. The Morgan fingerprint density at radius 3 is 1.86 bits per heavy atom. The molecule has 8 heteroatoms.